The molecule has 1 aromatic rings. The number of hydrogen-bond donors (Lipinski definition) is 1. The van der Waals surface area contributed by atoms with Crippen LogP contribution in [0.15, 0.2) is 24.3 Å². The SMILES string of the molecule is CC1CC(C#N)N(C(=O)C(N)CN2CC3CC2CON3[C@@H](C)c2ccc(C(F)(F)F)cc2)C1. The Labute approximate surface area is 191 Å². The zero-order valence-corrected chi connectivity index (χ0v) is 18.8. The second kappa shape index (κ2) is 9.22. The van der Waals surface area contributed by atoms with E-state index in [0.717, 1.165) is 24.1 Å². The van der Waals surface area contributed by atoms with E-state index in [9.17, 15) is 23.2 Å². The topological polar surface area (TPSA) is 85.8 Å². The zero-order valence-electron chi connectivity index (χ0n) is 18.8. The van der Waals surface area contributed by atoms with Crippen molar-refractivity contribution < 1.29 is 22.8 Å². The minimum Gasteiger partial charge on any atom is -0.325 e. The minimum atomic E-state index is -4.36. The highest BCUT2D eigenvalue weighted by Gasteiger charge is 2.44. The number of nitriles is 1. The molecule has 0 aromatic heterocycles. The standard InChI is InChI=1S/C23H30F3N5O2/c1-14-7-18(9-27)30(10-14)22(32)21(28)12-29-11-19-8-20(29)13-33-31(19)15(2)16-3-5-17(6-4-16)23(24,25)26/h3-6,14-15,18-21H,7-8,10-13,28H2,1-2H3/t14?,15-,18?,19?,20?,21?/m0/s1. The van der Waals surface area contributed by atoms with Crippen LogP contribution in [-0.2, 0) is 15.8 Å². The van der Waals surface area contributed by atoms with Gasteiger partial charge in [-0.2, -0.15) is 23.5 Å². The molecule has 180 valence electrons. The lowest BCUT2D eigenvalue weighted by Crippen LogP contribution is -2.52. The fourth-order valence-corrected chi connectivity index (χ4v) is 5.30. The molecule has 33 heavy (non-hydrogen) atoms. The van der Waals surface area contributed by atoms with Crippen LogP contribution in [0.4, 0.5) is 13.2 Å². The van der Waals surface area contributed by atoms with Gasteiger partial charge in [-0.05, 0) is 43.4 Å². The van der Waals surface area contributed by atoms with Crippen LogP contribution in [-0.4, -0.2) is 71.2 Å². The van der Waals surface area contributed by atoms with Crippen molar-refractivity contribution in [2.45, 2.75) is 63.1 Å². The number of nitrogens with zero attached hydrogens (tertiary/aromatic N) is 4. The molecule has 3 heterocycles. The first kappa shape index (κ1) is 24.0. The summed E-state index contributed by atoms with van der Waals surface area (Å²) >= 11 is 0. The van der Waals surface area contributed by atoms with Crippen LogP contribution in [0.25, 0.3) is 0 Å². The van der Waals surface area contributed by atoms with Gasteiger partial charge in [0.05, 0.1) is 36.4 Å². The first-order chi connectivity index (χ1) is 15.6. The molecule has 7 nitrogen and oxygen atoms in total. The third-order valence-electron chi connectivity index (χ3n) is 7.07. The van der Waals surface area contributed by atoms with Crippen molar-refractivity contribution in [3.05, 3.63) is 35.4 Å². The molecule has 0 aliphatic carbocycles. The average molecular weight is 466 g/mol. The minimum absolute atomic E-state index is 0.0574. The molecule has 2 bridgehead atoms. The molecular weight excluding hydrogens is 435 g/mol. The van der Waals surface area contributed by atoms with E-state index < -0.39 is 23.8 Å². The zero-order chi connectivity index (χ0) is 23.9. The number of rotatable bonds is 5. The fraction of sp³-hybridized carbons (Fsp3) is 0.652. The summed E-state index contributed by atoms with van der Waals surface area (Å²) in [7, 11) is 0. The quantitative estimate of drug-likeness (QED) is 0.720. The monoisotopic (exact) mass is 465 g/mol. The van der Waals surface area contributed by atoms with E-state index in [2.05, 4.69) is 11.0 Å². The van der Waals surface area contributed by atoms with E-state index in [1.807, 2.05) is 18.9 Å². The van der Waals surface area contributed by atoms with Gasteiger partial charge in [0.25, 0.3) is 0 Å². The van der Waals surface area contributed by atoms with Gasteiger partial charge in [0, 0.05) is 25.7 Å². The Balaban J connectivity index is 1.37. The van der Waals surface area contributed by atoms with Crippen molar-refractivity contribution in [1.29, 1.82) is 5.26 Å². The van der Waals surface area contributed by atoms with Crippen LogP contribution in [0.1, 0.15) is 43.9 Å². The number of carbonyl (C=O) groups excluding carboxylic acids is 1. The number of halogens is 3. The number of amides is 1. The highest BCUT2D eigenvalue weighted by molar-refractivity contribution is 5.82. The van der Waals surface area contributed by atoms with Gasteiger partial charge in [0.15, 0.2) is 0 Å². The number of alkyl halides is 3. The number of benzene rings is 1. The van der Waals surface area contributed by atoms with Crippen LogP contribution in [0, 0.1) is 17.2 Å². The Hall–Kier alpha value is -2.19. The largest absolute Gasteiger partial charge is 0.416 e. The van der Waals surface area contributed by atoms with Crippen LogP contribution in [0.2, 0.25) is 0 Å². The van der Waals surface area contributed by atoms with E-state index in [0.29, 0.717) is 32.7 Å². The van der Waals surface area contributed by atoms with Crippen molar-refractivity contribution >= 4 is 5.91 Å². The van der Waals surface area contributed by atoms with Crippen molar-refractivity contribution in [1.82, 2.24) is 14.9 Å². The van der Waals surface area contributed by atoms with Crippen molar-refractivity contribution in [2.24, 2.45) is 11.7 Å². The van der Waals surface area contributed by atoms with Crippen LogP contribution in [0.3, 0.4) is 0 Å². The summed E-state index contributed by atoms with van der Waals surface area (Å²) in [6, 6.07) is 6.22. The van der Waals surface area contributed by atoms with E-state index in [-0.39, 0.29) is 30.0 Å². The average Bonchev–Trinajstić information content (AvgIpc) is 3.31. The third kappa shape index (κ3) is 4.87. The molecule has 1 aromatic carbocycles. The maximum absolute atomic E-state index is 12.9. The Morgan fingerprint density at radius 1 is 1.24 bits per heavy atom. The van der Waals surface area contributed by atoms with Gasteiger partial charge >= 0.3 is 6.18 Å². The molecule has 4 rings (SSSR count). The van der Waals surface area contributed by atoms with Gasteiger partial charge in [-0.15, -0.1) is 0 Å². The van der Waals surface area contributed by atoms with Gasteiger partial charge < -0.3 is 10.6 Å². The van der Waals surface area contributed by atoms with E-state index in [1.54, 1.807) is 4.90 Å². The number of nitrogens with two attached hydrogens (primary N) is 1. The number of hydroxylamine groups is 2. The van der Waals surface area contributed by atoms with Crippen molar-refractivity contribution in [3.63, 3.8) is 0 Å². The molecule has 6 atom stereocenters. The number of hydrogen-bond acceptors (Lipinski definition) is 6. The summed E-state index contributed by atoms with van der Waals surface area (Å²) < 4.78 is 38.6. The molecule has 3 aliphatic heterocycles. The predicted molar refractivity (Wildman–Crippen MR) is 114 cm³/mol. The molecule has 3 aliphatic rings. The van der Waals surface area contributed by atoms with E-state index in [1.165, 1.54) is 12.1 Å². The van der Waals surface area contributed by atoms with Gasteiger partial charge in [0.1, 0.15) is 6.04 Å². The lowest BCUT2D eigenvalue weighted by atomic mass is 10.0. The lowest BCUT2D eigenvalue weighted by Gasteiger charge is -2.36. The summed E-state index contributed by atoms with van der Waals surface area (Å²) in [5, 5.41) is 11.2. The second-order valence-electron chi connectivity index (χ2n) is 9.53. The number of fused-ring (bicyclic) bond motifs is 2. The summed E-state index contributed by atoms with van der Waals surface area (Å²) in [6.07, 6.45) is -2.85. The summed E-state index contributed by atoms with van der Waals surface area (Å²) in [5.74, 6) is 0.0914. The molecule has 0 radical (unpaired) electrons. The second-order valence-corrected chi connectivity index (χ2v) is 9.53. The Kier molecular flexibility index (Phi) is 6.69. The summed E-state index contributed by atoms with van der Waals surface area (Å²) in [5.41, 5.74) is 6.34. The normalized spacial score (nSPS) is 30.3. The van der Waals surface area contributed by atoms with Gasteiger partial charge in [-0.1, -0.05) is 19.1 Å². The first-order valence-electron chi connectivity index (χ1n) is 11.4. The summed E-state index contributed by atoms with van der Waals surface area (Å²) in [4.78, 5) is 22.7. The van der Waals surface area contributed by atoms with Gasteiger partial charge in [-0.25, -0.2) is 0 Å². The predicted octanol–water partition coefficient (Wildman–Crippen LogP) is 2.54. The van der Waals surface area contributed by atoms with E-state index >= 15 is 0 Å². The van der Waals surface area contributed by atoms with Crippen LogP contribution in [0.5, 0.6) is 0 Å². The Bertz CT molecular complexity index is 903. The summed E-state index contributed by atoms with van der Waals surface area (Å²) in [6.45, 7) is 5.97. The number of likely N-dealkylation sites (tertiary alicyclic amines) is 2. The smallest absolute Gasteiger partial charge is 0.325 e. The fourth-order valence-electron chi connectivity index (χ4n) is 5.30. The third-order valence-corrected chi connectivity index (χ3v) is 7.07. The molecule has 3 saturated heterocycles. The molecule has 3 fully saturated rings. The van der Waals surface area contributed by atoms with Gasteiger partial charge in [-0.3, -0.25) is 14.5 Å². The molecule has 5 unspecified atom stereocenters. The van der Waals surface area contributed by atoms with Crippen LogP contribution < -0.4 is 5.73 Å². The van der Waals surface area contributed by atoms with Crippen molar-refractivity contribution in [2.75, 3.05) is 26.2 Å². The molecular formula is C23H30F3N5O2. The molecule has 2 N–H and O–H groups in total. The highest BCUT2D eigenvalue weighted by atomic mass is 19.4. The Morgan fingerprint density at radius 2 is 1.94 bits per heavy atom. The lowest BCUT2D eigenvalue weighted by molar-refractivity contribution is -0.226. The maximum Gasteiger partial charge on any atom is 0.416 e. The molecule has 10 heteroatoms. The van der Waals surface area contributed by atoms with Gasteiger partial charge in [0.2, 0.25) is 5.91 Å². The molecule has 0 spiro atoms. The highest BCUT2D eigenvalue weighted by Crippen LogP contribution is 2.36. The molecule has 1 amide bonds. The number of carbonyl (C=O) groups is 1. The molecule has 0 saturated carbocycles. The maximum atomic E-state index is 12.9. The first-order valence-corrected chi connectivity index (χ1v) is 11.4. The van der Waals surface area contributed by atoms with Crippen molar-refractivity contribution in [3.8, 4) is 6.07 Å². The van der Waals surface area contributed by atoms with E-state index in [4.69, 9.17) is 10.6 Å². The van der Waals surface area contributed by atoms with Crippen LogP contribution >= 0.6 is 0 Å². The Morgan fingerprint density at radius 3 is 2.58 bits per heavy atom.